The zero-order valence-electron chi connectivity index (χ0n) is 12.8. The van der Waals surface area contributed by atoms with E-state index in [0.717, 1.165) is 17.0 Å². The molecule has 2 N–H and O–H groups in total. The van der Waals surface area contributed by atoms with Gasteiger partial charge in [-0.1, -0.05) is 0 Å². The average molecular weight is 531 g/mol. The molecule has 9 heteroatoms. The minimum atomic E-state index is -0.912. The molecule has 0 radical (unpaired) electrons. The number of amides is 4. The molecule has 0 spiro atoms. The molecular weight excluding hydrogens is 522 g/mol. The van der Waals surface area contributed by atoms with Gasteiger partial charge in [0.05, 0.1) is 13.7 Å². The second-order valence-corrected chi connectivity index (χ2v) is 7.28. The molecule has 0 unspecified atom stereocenters. The lowest BCUT2D eigenvalue weighted by molar-refractivity contribution is -0.122. The van der Waals surface area contributed by atoms with E-state index < -0.39 is 23.7 Å². The number of rotatable bonds is 2. The zero-order chi connectivity index (χ0) is 19.0. The van der Waals surface area contributed by atoms with Gasteiger partial charge in [-0.15, -0.1) is 0 Å². The third-order valence-corrected chi connectivity index (χ3v) is 4.96. The summed E-state index contributed by atoms with van der Waals surface area (Å²) in [7, 11) is 0. The molecule has 0 bridgehead atoms. The van der Waals surface area contributed by atoms with Crippen LogP contribution < -0.4 is 10.2 Å². The highest BCUT2D eigenvalue weighted by molar-refractivity contribution is 14.1. The van der Waals surface area contributed by atoms with Gasteiger partial charge >= 0.3 is 6.03 Å². The molecule has 0 saturated carbocycles. The van der Waals surface area contributed by atoms with E-state index in [4.69, 9.17) is 0 Å². The highest BCUT2D eigenvalue weighted by atomic mass is 127. The lowest BCUT2D eigenvalue weighted by Crippen LogP contribution is -2.54. The van der Waals surface area contributed by atoms with E-state index in [0.29, 0.717) is 13.6 Å². The number of aromatic hydroxyl groups is 1. The first-order chi connectivity index (χ1) is 12.3. The Morgan fingerprint density at radius 3 is 2.42 bits per heavy atom. The predicted molar refractivity (Wildman–Crippen MR) is 104 cm³/mol. The third kappa shape index (κ3) is 3.49. The van der Waals surface area contributed by atoms with Crippen molar-refractivity contribution in [2.75, 3.05) is 4.90 Å². The fourth-order valence-electron chi connectivity index (χ4n) is 2.32. The molecule has 26 heavy (non-hydrogen) atoms. The highest BCUT2D eigenvalue weighted by Crippen LogP contribution is 2.31. The maximum Gasteiger partial charge on any atom is 0.335 e. The Morgan fingerprint density at radius 2 is 1.81 bits per heavy atom. The first kappa shape index (κ1) is 18.5. The largest absolute Gasteiger partial charge is 0.506 e. The number of anilines is 1. The van der Waals surface area contributed by atoms with Gasteiger partial charge in [-0.2, -0.15) is 0 Å². The van der Waals surface area contributed by atoms with Crippen LogP contribution in [0.3, 0.4) is 0 Å². The van der Waals surface area contributed by atoms with Crippen molar-refractivity contribution in [1.29, 1.82) is 0 Å². The minimum absolute atomic E-state index is 0.0373. The first-order valence-corrected chi connectivity index (χ1v) is 9.00. The first-order valence-electron chi connectivity index (χ1n) is 7.13. The van der Waals surface area contributed by atoms with Crippen LogP contribution in [0.25, 0.3) is 6.08 Å². The SMILES string of the molecule is O=C1NC(=O)N(c2ccc(F)cc2)C(=O)/C1=C/c1cc(Br)c(O)c(I)c1. The van der Waals surface area contributed by atoms with Crippen LogP contribution >= 0.6 is 38.5 Å². The minimum Gasteiger partial charge on any atom is -0.506 e. The molecule has 4 amide bonds. The molecule has 1 saturated heterocycles. The summed E-state index contributed by atoms with van der Waals surface area (Å²) in [4.78, 5) is 37.6. The smallest absolute Gasteiger partial charge is 0.335 e. The molecule has 3 rings (SSSR count). The van der Waals surface area contributed by atoms with Crippen LogP contribution in [0.4, 0.5) is 14.9 Å². The van der Waals surface area contributed by atoms with E-state index in [2.05, 4.69) is 21.2 Å². The number of phenols is 1. The molecular formula is C17H9BrFIN2O4. The Labute approximate surface area is 169 Å². The molecule has 0 atom stereocenters. The number of halogens is 3. The van der Waals surface area contributed by atoms with Crippen molar-refractivity contribution in [3.63, 3.8) is 0 Å². The third-order valence-electron chi connectivity index (χ3n) is 3.54. The molecule has 1 aliphatic rings. The maximum atomic E-state index is 13.1. The summed E-state index contributed by atoms with van der Waals surface area (Å²) in [6, 6.07) is 6.94. The summed E-state index contributed by atoms with van der Waals surface area (Å²) in [6.07, 6.45) is 1.31. The van der Waals surface area contributed by atoms with E-state index in [9.17, 15) is 23.9 Å². The zero-order valence-corrected chi connectivity index (χ0v) is 16.5. The topological polar surface area (TPSA) is 86.7 Å². The van der Waals surface area contributed by atoms with Crippen molar-refractivity contribution in [1.82, 2.24) is 5.32 Å². The highest BCUT2D eigenvalue weighted by Gasteiger charge is 2.36. The van der Waals surface area contributed by atoms with Crippen LogP contribution in [0.2, 0.25) is 0 Å². The fourth-order valence-corrected chi connectivity index (χ4v) is 3.82. The summed E-state index contributed by atoms with van der Waals surface area (Å²) in [5.74, 6) is -2.15. The Bertz CT molecular complexity index is 952. The van der Waals surface area contributed by atoms with Gasteiger partial charge in [0.1, 0.15) is 17.1 Å². The van der Waals surface area contributed by atoms with Crippen molar-refractivity contribution in [2.24, 2.45) is 0 Å². The lowest BCUT2D eigenvalue weighted by atomic mass is 10.1. The molecule has 132 valence electrons. The van der Waals surface area contributed by atoms with Crippen LogP contribution in [0.1, 0.15) is 5.56 Å². The quantitative estimate of drug-likeness (QED) is 0.353. The van der Waals surface area contributed by atoms with E-state index >= 15 is 0 Å². The second kappa shape index (κ2) is 7.16. The molecule has 2 aromatic rings. The van der Waals surface area contributed by atoms with Crippen molar-refractivity contribution in [2.45, 2.75) is 0 Å². The molecule has 0 aromatic heterocycles. The summed E-state index contributed by atoms with van der Waals surface area (Å²) in [6.45, 7) is 0. The van der Waals surface area contributed by atoms with Crippen molar-refractivity contribution >= 4 is 68.1 Å². The van der Waals surface area contributed by atoms with E-state index in [1.165, 1.54) is 24.3 Å². The number of carbonyl (C=O) groups excluding carboxylic acids is 3. The number of hydrogen-bond donors (Lipinski definition) is 2. The second-order valence-electron chi connectivity index (χ2n) is 5.27. The molecule has 1 fully saturated rings. The fraction of sp³-hybridized carbons (Fsp3) is 0. The van der Waals surface area contributed by atoms with Gasteiger partial charge < -0.3 is 5.11 Å². The van der Waals surface area contributed by atoms with Crippen molar-refractivity contribution < 1.29 is 23.9 Å². The number of benzene rings is 2. The van der Waals surface area contributed by atoms with Crippen molar-refractivity contribution in [3.8, 4) is 5.75 Å². The van der Waals surface area contributed by atoms with Crippen LogP contribution in [-0.2, 0) is 9.59 Å². The maximum absolute atomic E-state index is 13.1. The number of carbonyl (C=O) groups is 3. The molecule has 6 nitrogen and oxygen atoms in total. The summed E-state index contributed by atoms with van der Waals surface area (Å²) in [5, 5.41) is 11.9. The lowest BCUT2D eigenvalue weighted by Gasteiger charge is -2.26. The van der Waals surface area contributed by atoms with Gasteiger partial charge in [0.25, 0.3) is 11.8 Å². The molecule has 2 aromatic carbocycles. The van der Waals surface area contributed by atoms with Crippen LogP contribution in [-0.4, -0.2) is 23.0 Å². The van der Waals surface area contributed by atoms with E-state index in [1.807, 2.05) is 22.6 Å². The summed E-state index contributed by atoms with van der Waals surface area (Å²) < 4.78 is 14.0. The number of urea groups is 1. The molecule has 1 aliphatic heterocycles. The Kier molecular flexibility index (Phi) is 5.10. The number of phenolic OH excluding ortho intramolecular Hbond substituents is 1. The number of nitrogens with zero attached hydrogens (tertiary/aromatic N) is 1. The number of barbiturate groups is 1. The standard InChI is InChI=1S/C17H9BrFIN2O4/c18-12-6-8(7-13(20)14(12)23)5-11-15(24)21-17(26)22(16(11)25)10-3-1-9(19)2-4-10/h1-7,23H,(H,21,24,26)/b11-5+. The normalized spacial score (nSPS) is 16.2. The van der Waals surface area contributed by atoms with Gasteiger partial charge in [0, 0.05) is 0 Å². The molecule has 0 aliphatic carbocycles. The van der Waals surface area contributed by atoms with Crippen LogP contribution in [0, 0.1) is 9.39 Å². The monoisotopic (exact) mass is 530 g/mol. The number of imide groups is 2. The van der Waals surface area contributed by atoms with Gasteiger partial charge in [-0.05, 0) is 86.6 Å². The Balaban J connectivity index is 2.04. The number of nitrogens with one attached hydrogen (secondary N) is 1. The summed E-state index contributed by atoms with van der Waals surface area (Å²) in [5.41, 5.74) is 0.349. The predicted octanol–water partition coefficient (Wildman–Crippen LogP) is 3.56. The van der Waals surface area contributed by atoms with Gasteiger partial charge in [-0.25, -0.2) is 14.1 Å². The number of hydrogen-bond acceptors (Lipinski definition) is 4. The van der Waals surface area contributed by atoms with E-state index in [-0.39, 0.29) is 17.0 Å². The van der Waals surface area contributed by atoms with Crippen LogP contribution in [0.5, 0.6) is 5.75 Å². The summed E-state index contributed by atoms with van der Waals surface area (Å²) >= 11 is 5.09. The van der Waals surface area contributed by atoms with E-state index in [1.54, 1.807) is 6.07 Å². The average Bonchev–Trinajstić information content (AvgIpc) is 2.58. The van der Waals surface area contributed by atoms with Gasteiger partial charge in [0.2, 0.25) is 0 Å². The van der Waals surface area contributed by atoms with Gasteiger partial charge in [-0.3, -0.25) is 14.9 Å². The van der Waals surface area contributed by atoms with Crippen molar-refractivity contribution in [3.05, 3.63) is 61.4 Å². The Hall–Kier alpha value is -2.27. The molecule has 1 heterocycles. The van der Waals surface area contributed by atoms with Crippen LogP contribution in [0.15, 0.2) is 46.4 Å². The van der Waals surface area contributed by atoms with Gasteiger partial charge in [0.15, 0.2) is 0 Å². The Morgan fingerprint density at radius 1 is 1.15 bits per heavy atom.